The number of hydrogen-bond donors (Lipinski definition) is 0. The zero-order valence-electron chi connectivity index (χ0n) is 19.4. The highest BCUT2D eigenvalue weighted by Gasteiger charge is 2.38. The quantitative estimate of drug-likeness (QED) is 0.414. The van der Waals surface area contributed by atoms with Gasteiger partial charge in [0.15, 0.2) is 15.9 Å². The normalized spacial score (nSPS) is 20.2. The van der Waals surface area contributed by atoms with Gasteiger partial charge in [-0.15, -0.1) is 0 Å². The molecule has 9 nitrogen and oxygen atoms in total. The molecule has 3 rings (SSSR count). The van der Waals surface area contributed by atoms with Crippen LogP contribution in [0.1, 0.15) is 71.6 Å². The summed E-state index contributed by atoms with van der Waals surface area (Å²) in [4.78, 5) is 53.4. The van der Waals surface area contributed by atoms with Gasteiger partial charge in [-0.1, -0.05) is 13.8 Å². The predicted molar refractivity (Wildman–Crippen MR) is 121 cm³/mol. The second-order valence-electron chi connectivity index (χ2n) is 8.93. The summed E-state index contributed by atoms with van der Waals surface area (Å²) in [6.07, 6.45) is -0.0959. The van der Waals surface area contributed by atoms with Crippen molar-refractivity contribution in [1.29, 1.82) is 0 Å². The van der Waals surface area contributed by atoms with Crippen LogP contribution in [0.5, 0.6) is 0 Å². The van der Waals surface area contributed by atoms with Gasteiger partial charge in [-0.3, -0.25) is 19.3 Å². The average molecular weight is 479 g/mol. The first kappa shape index (κ1) is 24.9. The molecule has 2 aliphatic heterocycles. The molecule has 0 saturated carbocycles. The maximum atomic E-state index is 12.8. The van der Waals surface area contributed by atoms with Gasteiger partial charge in [0.1, 0.15) is 0 Å². The van der Waals surface area contributed by atoms with Crippen LogP contribution in [0, 0.1) is 5.92 Å². The molecule has 1 fully saturated rings. The molecule has 33 heavy (non-hydrogen) atoms. The van der Waals surface area contributed by atoms with Crippen LogP contribution in [0.15, 0.2) is 18.2 Å². The number of benzene rings is 1. The molecule has 0 N–H and O–H groups in total. The molecule has 0 aliphatic carbocycles. The summed E-state index contributed by atoms with van der Waals surface area (Å²) in [6, 6.07) is 3.71. The van der Waals surface area contributed by atoms with Crippen molar-refractivity contribution in [2.75, 3.05) is 24.6 Å². The Kier molecular flexibility index (Phi) is 7.26. The van der Waals surface area contributed by atoms with Crippen molar-refractivity contribution in [1.82, 2.24) is 9.80 Å². The Morgan fingerprint density at radius 3 is 2.39 bits per heavy atom. The van der Waals surface area contributed by atoms with Crippen LogP contribution in [0.3, 0.4) is 0 Å². The highest BCUT2D eigenvalue weighted by Crippen LogP contribution is 2.25. The van der Waals surface area contributed by atoms with Gasteiger partial charge in [0.25, 0.3) is 17.7 Å². The summed E-state index contributed by atoms with van der Waals surface area (Å²) < 4.78 is 28.9. The molecule has 0 aromatic heterocycles. The molecular weight excluding hydrogens is 448 g/mol. The van der Waals surface area contributed by atoms with E-state index < -0.39 is 39.8 Å². The lowest BCUT2D eigenvalue weighted by atomic mass is 10.1. The molecule has 0 unspecified atom stereocenters. The first-order valence-electron chi connectivity index (χ1n) is 11.2. The average Bonchev–Trinajstić information content (AvgIpc) is 3.23. The third-order valence-corrected chi connectivity index (χ3v) is 7.79. The lowest BCUT2D eigenvalue weighted by molar-refractivity contribution is -0.141. The lowest BCUT2D eigenvalue weighted by Gasteiger charge is -2.29. The molecule has 1 aromatic rings. The van der Waals surface area contributed by atoms with Gasteiger partial charge < -0.3 is 9.64 Å². The molecule has 0 radical (unpaired) electrons. The van der Waals surface area contributed by atoms with Gasteiger partial charge in [0.05, 0.1) is 28.2 Å². The molecule has 2 heterocycles. The van der Waals surface area contributed by atoms with Crippen molar-refractivity contribution in [2.24, 2.45) is 5.92 Å². The first-order valence-corrected chi connectivity index (χ1v) is 13.0. The van der Waals surface area contributed by atoms with Crippen molar-refractivity contribution in [3.63, 3.8) is 0 Å². The number of hydrogen-bond acceptors (Lipinski definition) is 7. The van der Waals surface area contributed by atoms with Crippen LogP contribution in [0.2, 0.25) is 0 Å². The molecule has 10 heteroatoms. The molecule has 3 amide bonds. The largest absolute Gasteiger partial charge is 0.449 e. The molecule has 2 aliphatic rings. The summed E-state index contributed by atoms with van der Waals surface area (Å²) in [6.45, 7) is 7.77. The van der Waals surface area contributed by atoms with Crippen molar-refractivity contribution in [2.45, 2.75) is 52.7 Å². The molecule has 1 aromatic carbocycles. The second kappa shape index (κ2) is 9.62. The van der Waals surface area contributed by atoms with Gasteiger partial charge in [-0.25, -0.2) is 13.2 Å². The van der Waals surface area contributed by atoms with Gasteiger partial charge in [-0.05, 0) is 50.8 Å². The summed E-state index contributed by atoms with van der Waals surface area (Å²) in [5.74, 6) is -1.84. The monoisotopic (exact) mass is 478 g/mol. The smallest absolute Gasteiger partial charge is 0.338 e. The van der Waals surface area contributed by atoms with E-state index in [-0.39, 0.29) is 34.1 Å². The summed E-state index contributed by atoms with van der Waals surface area (Å²) >= 11 is 0. The number of imide groups is 1. The van der Waals surface area contributed by atoms with Crippen molar-refractivity contribution in [3.05, 3.63) is 34.9 Å². The standard InChI is InChI=1S/C23H30N2O7S/c1-5-24(17-9-11-33(30,31)13-17)20(26)15(4)32-23(29)16-6-7-18-19(12-16)22(28)25(21(18)27)10-8-14(2)3/h6-7,12,14-15,17H,5,8-11,13H2,1-4H3/t15-,17+/m1/s1. The Morgan fingerprint density at radius 1 is 1.15 bits per heavy atom. The number of carbonyl (C=O) groups excluding carboxylic acids is 4. The van der Waals surface area contributed by atoms with Crippen LogP contribution in [0.4, 0.5) is 0 Å². The fourth-order valence-electron chi connectivity index (χ4n) is 4.14. The van der Waals surface area contributed by atoms with E-state index in [1.807, 2.05) is 13.8 Å². The van der Waals surface area contributed by atoms with E-state index >= 15 is 0 Å². The number of carbonyl (C=O) groups is 4. The van der Waals surface area contributed by atoms with E-state index in [9.17, 15) is 27.6 Å². The first-order chi connectivity index (χ1) is 15.4. The van der Waals surface area contributed by atoms with E-state index in [0.717, 1.165) is 0 Å². The van der Waals surface area contributed by atoms with Gasteiger partial charge >= 0.3 is 5.97 Å². The van der Waals surface area contributed by atoms with Crippen molar-refractivity contribution >= 4 is 33.5 Å². The molecule has 0 spiro atoms. The summed E-state index contributed by atoms with van der Waals surface area (Å²) in [5, 5.41) is 0. The third-order valence-electron chi connectivity index (χ3n) is 6.04. The maximum Gasteiger partial charge on any atom is 0.338 e. The summed E-state index contributed by atoms with van der Waals surface area (Å²) in [7, 11) is -3.17. The Bertz CT molecular complexity index is 1080. The van der Waals surface area contributed by atoms with E-state index in [1.165, 1.54) is 34.9 Å². The molecule has 0 bridgehead atoms. The number of ether oxygens (including phenoxy) is 1. The fourth-order valence-corrected chi connectivity index (χ4v) is 5.87. The number of sulfone groups is 1. The van der Waals surface area contributed by atoms with Crippen LogP contribution in [0.25, 0.3) is 0 Å². The topological polar surface area (TPSA) is 118 Å². The Labute approximate surface area is 194 Å². The van der Waals surface area contributed by atoms with Gasteiger partial charge in [0, 0.05) is 19.1 Å². The van der Waals surface area contributed by atoms with Crippen molar-refractivity contribution in [3.8, 4) is 0 Å². The number of fused-ring (bicyclic) bond motifs is 1. The number of esters is 1. The number of amides is 3. The SMILES string of the molecule is CCN(C(=O)[C@@H](C)OC(=O)c1ccc2c(c1)C(=O)N(CCC(C)C)C2=O)[C@H]1CCS(=O)(=O)C1. The Hall–Kier alpha value is -2.75. The summed E-state index contributed by atoms with van der Waals surface area (Å²) in [5.41, 5.74) is 0.444. The number of nitrogens with zero attached hydrogens (tertiary/aromatic N) is 2. The van der Waals surface area contributed by atoms with E-state index in [1.54, 1.807) is 6.92 Å². The molecule has 180 valence electrons. The van der Waals surface area contributed by atoms with Crippen LogP contribution in [-0.4, -0.2) is 78.6 Å². The number of rotatable bonds is 8. The Morgan fingerprint density at radius 2 is 1.82 bits per heavy atom. The molecule has 1 saturated heterocycles. The zero-order valence-corrected chi connectivity index (χ0v) is 20.2. The lowest BCUT2D eigenvalue weighted by Crippen LogP contribution is -2.46. The Balaban J connectivity index is 1.69. The molecular formula is C23H30N2O7S. The van der Waals surface area contributed by atoms with Crippen molar-refractivity contribution < 1.29 is 32.3 Å². The van der Waals surface area contributed by atoms with Gasteiger partial charge in [0.2, 0.25) is 0 Å². The van der Waals surface area contributed by atoms with Crippen LogP contribution < -0.4 is 0 Å². The minimum Gasteiger partial charge on any atom is -0.449 e. The highest BCUT2D eigenvalue weighted by atomic mass is 32.2. The minimum absolute atomic E-state index is 0.0334. The van der Waals surface area contributed by atoms with Gasteiger partial charge in [-0.2, -0.15) is 0 Å². The van der Waals surface area contributed by atoms with E-state index in [2.05, 4.69) is 0 Å². The maximum absolute atomic E-state index is 12.8. The third kappa shape index (κ3) is 5.26. The van der Waals surface area contributed by atoms with E-state index in [0.29, 0.717) is 31.8 Å². The van der Waals surface area contributed by atoms with Crippen LogP contribution >= 0.6 is 0 Å². The molecule has 2 atom stereocenters. The number of likely N-dealkylation sites (N-methyl/N-ethyl adjacent to an activating group) is 1. The van der Waals surface area contributed by atoms with E-state index in [4.69, 9.17) is 4.74 Å². The second-order valence-corrected chi connectivity index (χ2v) is 11.2. The zero-order chi connectivity index (χ0) is 24.5. The van der Waals surface area contributed by atoms with Crippen LogP contribution in [-0.2, 0) is 19.4 Å². The highest BCUT2D eigenvalue weighted by molar-refractivity contribution is 7.91. The predicted octanol–water partition coefficient (Wildman–Crippen LogP) is 1.91. The fraction of sp³-hybridized carbons (Fsp3) is 0.565. The minimum atomic E-state index is -3.17.